The molecule has 7 heteroatoms. The molecule has 0 aliphatic heterocycles. The molecule has 2 aromatic heterocycles. The van der Waals surface area contributed by atoms with Gasteiger partial charge in [-0.3, -0.25) is 0 Å². The van der Waals surface area contributed by atoms with E-state index in [4.69, 9.17) is 5.26 Å². The summed E-state index contributed by atoms with van der Waals surface area (Å²) in [6.45, 7) is 0. The molecule has 0 N–H and O–H groups in total. The molecule has 0 spiro atoms. The summed E-state index contributed by atoms with van der Waals surface area (Å²) >= 11 is 1.27. The van der Waals surface area contributed by atoms with Crippen LogP contribution in [-0.2, 0) is 7.05 Å². The third-order valence-electron chi connectivity index (χ3n) is 1.60. The summed E-state index contributed by atoms with van der Waals surface area (Å²) in [6, 6.07) is 3.51. The Bertz CT molecular complexity index is 514. The number of nitrogens with zero attached hydrogens (tertiary/aromatic N) is 6. The van der Waals surface area contributed by atoms with Gasteiger partial charge >= 0.3 is 0 Å². The van der Waals surface area contributed by atoms with Crippen LogP contribution in [-0.4, -0.2) is 24.7 Å². The maximum Gasteiger partial charge on any atom is 0.198 e. The first kappa shape index (κ1) is 9.61. The topological polar surface area (TPSA) is 80.3 Å². The Hall–Kier alpha value is -1.94. The van der Waals surface area contributed by atoms with Crippen molar-refractivity contribution >= 4 is 11.8 Å². The van der Waals surface area contributed by atoms with E-state index in [9.17, 15) is 0 Å². The van der Waals surface area contributed by atoms with Gasteiger partial charge in [-0.2, -0.15) is 5.26 Å². The highest BCUT2D eigenvalue weighted by molar-refractivity contribution is 7.99. The summed E-state index contributed by atoms with van der Waals surface area (Å²) in [5.74, 6) is 0. The molecule has 2 heterocycles. The molecule has 0 radical (unpaired) electrons. The van der Waals surface area contributed by atoms with Gasteiger partial charge < -0.3 is 4.57 Å². The van der Waals surface area contributed by atoms with Crippen LogP contribution in [0.3, 0.4) is 0 Å². The van der Waals surface area contributed by atoms with E-state index in [0.29, 0.717) is 16.0 Å². The maximum atomic E-state index is 8.66. The van der Waals surface area contributed by atoms with Crippen molar-refractivity contribution in [3.05, 3.63) is 24.3 Å². The number of aromatic nitrogens is 5. The first-order valence-corrected chi connectivity index (χ1v) is 4.86. The number of rotatable bonds is 2. The van der Waals surface area contributed by atoms with Crippen LogP contribution >= 0.6 is 11.8 Å². The highest BCUT2D eigenvalue weighted by Gasteiger charge is 2.06. The van der Waals surface area contributed by atoms with E-state index < -0.39 is 0 Å². The van der Waals surface area contributed by atoms with E-state index >= 15 is 0 Å². The molecule has 0 amide bonds. The van der Waals surface area contributed by atoms with Crippen molar-refractivity contribution < 1.29 is 0 Å². The van der Waals surface area contributed by atoms with Crippen LogP contribution in [0.25, 0.3) is 0 Å². The lowest BCUT2D eigenvalue weighted by Crippen LogP contribution is -1.93. The SMILES string of the molecule is Cn1cnnc1Sc1nccc(C#N)n1. The van der Waals surface area contributed by atoms with Crippen molar-refractivity contribution in [3.8, 4) is 6.07 Å². The lowest BCUT2D eigenvalue weighted by atomic mass is 10.5. The van der Waals surface area contributed by atoms with E-state index in [1.807, 2.05) is 13.1 Å². The fourth-order valence-corrected chi connectivity index (χ4v) is 1.60. The van der Waals surface area contributed by atoms with Crippen LogP contribution in [0.5, 0.6) is 0 Å². The molecule has 0 aliphatic rings. The van der Waals surface area contributed by atoms with Gasteiger partial charge in [-0.05, 0) is 17.8 Å². The Morgan fingerprint density at radius 2 is 2.40 bits per heavy atom. The highest BCUT2D eigenvalue weighted by atomic mass is 32.2. The largest absolute Gasteiger partial charge is 0.311 e. The Labute approximate surface area is 90.0 Å². The molecule has 15 heavy (non-hydrogen) atoms. The molecule has 74 valence electrons. The van der Waals surface area contributed by atoms with Crippen molar-refractivity contribution in [2.75, 3.05) is 0 Å². The summed E-state index contributed by atoms with van der Waals surface area (Å²) in [7, 11) is 1.83. The van der Waals surface area contributed by atoms with Gasteiger partial charge in [-0.15, -0.1) is 10.2 Å². The quantitative estimate of drug-likeness (QED) is 0.688. The Morgan fingerprint density at radius 3 is 3.07 bits per heavy atom. The third kappa shape index (κ3) is 2.11. The van der Waals surface area contributed by atoms with Crippen molar-refractivity contribution in [1.29, 1.82) is 5.26 Å². The van der Waals surface area contributed by atoms with Crippen LogP contribution in [0.4, 0.5) is 0 Å². The summed E-state index contributed by atoms with van der Waals surface area (Å²) in [5.41, 5.74) is 0.342. The molecule has 0 atom stereocenters. The number of hydrogen-bond donors (Lipinski definition) is 0. The molecule has 0 unspecified atom stereocenters. The Balaban J connectivity index is 2.25. The first-order chi connectivity index (χ1) is 7.29. The summed E-state index contributed by atoms with van der Waals surface area (Å²) < 4.78 is 1.76. The van der Waals surface area contributed by atoms with Crippen molar-refractivity contribution in [2.24, 2.45) is 7.05 Å². The van der Waals surface area contributed by atoms with E-state index in [2.05, 4.69) is 20.2 Å². The summed E-state index contributed by atoms with van der Waals surface area (Å²) in [5, 5.41) is 17.4. The molecule has 2 rings (SSSR count). The minimum atomic E-state index is 0.342. The van der Waals surface area contributed by atoms with Crippen molar-refractivity contribution in [3.63, 3.8) is 0 Å². The molecule has 0 fully saturated rings. The Morgan fingerprint density at radius 1 is 1.53 bits per heavy atom. The fourth-order valence-electron chi connectivity index (χ4n) is 0.899. The maximum absolute atomic E-state index is 8.66. The fraction of sp³-hybridized carbons (Fsp3) is 0.125. The van der Waals surface area contributed by atoms with Crippen molar-refractivity contribution in [2.45, 2.75) is 10.3 Å². The molecule has 0 saturated carbocycles. The van der Waals surface area contributed by atoms with Gasteiger partial charge in [0.05, 0.1) is 0 Å². The summed E-state index contributed by atoms with van der Waals surface area (Å²) in [4.78, 5) is 8.04. The standard InChI is InChI=1S/C8H6N6S/c1-14-5-11-13-8(14)15-7-10-3-2-6(4-9)12-7/h2-3,5H,1H3. The monoisotopic (exact) mass is 218 g/mol. The second-order valence-corrected chi connectivity index (χ2v) is 3.60. The lowest BCUT2D eigenvalue weighted by molar-refractivity contribution is 0.783. The second kappa shape index (κ2) is 4.06. The van der Waals surface area contributed by atoms with Gasteiger partial charge in [0.2, 0.25) is 0 Å². The third-order valence-corrected chi connectivity index (χ3v) is 2.53. The van der Waals surface area contributed by atoms with E-state index in [1.165, 1.54) is 11.8 Å². The Kier molecular flexibility index (Phi) is 2.60. The van der Waals surface area contributed by atoms with Crippen LogP contribution in [0.1, 0.15) is 5.69 Å². The zero-order valence-electron chi connectivity index (χ0n) is 7.82. The zero-order chi connectivity index (χ0) is 10.7. The van der Waals surface area contributed by atoms with E-state index in [1.54, 1.807) is 23.2 Å². The molecular weight excluding hydrogens is 212 g/mol. The average molecular weight is 218 g/mol. The van der Waals surface area contributed by atoms with E-state index in [0.717, 1.165) is 0 Å². The predicted molar refractivity (Wildman–Crippen MR) is 51.9 cm³/mol. The van der Waals surface area contributed by atoms with Gasteiger partial charge in [0.25, 0.3) is 0 Å². The molecule has 2 aromatic rings. The minimum absolute atomic E-state index is 0.342. The van der Waals surface area contributed by atoms with Crippen molar-refractivity contribution in [1.82, 2.24) is 24.7 Å². The normalized spacial score (nSPS) is 9.87. The van der Waals surface area contributed by atoms with Gasteiger partial charge in [0, 0.05) is 13.2 Å². The second-order valence-electron chi connectivity index (χ2n) is 2.66. The van der Waals surface area contributed by atoms with Crippen LogP contribution in [0.2, 0.25) is 0 Å². The zero-order valence-corrected chi connectivity index (χ0v) is 8.64. The smallest absolute Gasteiger partial charge is 0.198 e. The average Bonchev–Trinajstić information content (AvgIpc) is 2.65. The summed E-state index contributed by atoms with van der Waals surface area (Å²) in [6.07, 6.45) is 3.14. The molecule has 0 aromatic carbocycles. The predicted octanol–water partition coefficient (Wildman–Crippen LogP) is 0.628. The lowest BCUT2D eigenvalue weighted by Gasteiger charge is -1.98. The van der Waals surface area contributed by atoms with Gasteiger partial charge in [-0.25, -0.2) is 9.97 Å². The molecule has 0 aliphatic carbocycles. The van der Waals surface area contributed by atoms with Crippen LogP contribution < -0.4 is 0 Å². The molecule has 0 saturated heterocycles. The molecule has 6 nitrogen and oxygen atoms in total. The number of aryl methyl sites for hydroxylation is 1. The van der Waals surface area contributed by atoms with Gasteiger partial charge in [-0.1, -0.05) is 0 Å². The van der Waals surface area contributed by atoms with Crippen LogP contribution in [0.15, 0.2) is 28.9 Å². The molecule has 0 bridgehead atoms. The number of hydrogen-bond acceptors (Lipinski definition) is 6. The minimum Gasteiger partial charge on any atom is -0.311 e. The first-order valence-electron chi connectivity index (χ1n) is 4.04. The van der Waals surface area contributed by atoms with Crippen LogP contribution in [0, 0.1) is 11.3 Å². The van der Waals surface area contributed by atoms with Gasteiger partial charge in [0.1, 0.15) is 18.1 Å². The number of nitriles is 1. The van der Waals surface area contributed by atoms with E-state index in [-0.39, 0.29) is 0 Å². The highest BCUT2D eigenvalue weighted by Crippen LogP contribution is 2.20. The van der Waals surface area contributed by atoms with Gasteiger partial charge in [0.15, 0.2) is 10.3 Å². The molecular formula is C8H6N6S.